The molecule has 0 aliphatic carbocycles. The molecule has 4 nitrogen and oxygen atoms in total. The first-order chi connectivity index (χ1) is 11.8. The van der Waals surface area contributed by atoms with E-state index in [9.17, 15) is 13.2 Å². The SMILES string of the molecule is COc1cc(-c2nc(N)sc2CN2CCCC2C)cc(C(F)(F)F)c1. The van der Waals surface area contributed by atoms with Crippen molar-refractivity contribution in [2.75, 3.05) is 19.4 Å². The maximum absolute atomic E-state index is 13.2. The van der Waals surface area contributed by atoms with Gasteiger partial charge in [0.05, 0.1) is 18.4 Å². The zero-order valence-electron chi connectivity index (χ0n) is 14.1. The van der Waals surface area contributed by atoms with Crippen molar-refractivity contribution in [2.45, 2.75) is 38.5 Å². The minimum absolute atomic E-state index is 0.150. The first kappa shape index (κ1) is 18.0. The third-order valence-electron chi connectivity index (χ3n) is 4.49. The van der Waals surface area contributed by atoms with Gasteiger partial charge in [-0.2, -0.15) is 13.2 Å². The number of ether oxygens (including phenoxy) is 1. The van der Waals surface area contributed by atoms with E-state index in [-0.39, 0.29) is 5.75 Å². The zero-order chi connectivity index (χ0) is 18.2. The van der Waals surface area contributed by atoms with Gasteiger partial charge in [0.1, 0.15) is 5.75 Å². The Labute approximate surface area is 148 Å². The third-order valence-corrected chi connectivity index (χ3v) is 5.36. The van der Waals surface area contributed by atoms with E-state index in [1.165, 1.54) is 18.4 Å². The molecule has 2 heterocycles. The predicted molar refractivity (Wildman–Crippen MR) is 92.6 cm³/mol. The molecule has 25 heavy (non-hydrogen) atoms. The van der Waals surface area contributed by atoms with Gasteiger partial charge in [0.15, 0.2) is 5.13 Å². The van der Waals surface area contributed by atoms with Crippen molar-refractivity contribution >= 4 is 16.5 Å². The molecule has 0 saturated carbocycles. The van der Waals surface area contributed by atoms with Gasteiger partial charge in [0.2, 0.25) is 0 Å². The number of benzene rings is 1. The van der Waals surface area contributed by atoms with Crippen LogP contribution < -0.4 is 10.5 Å². The van der Waals surface area contributed by atoms with Crippen LogP contribution in [0, 0.1) is 0 Å². The summed E-state index contributed by atoms with van der Waals surface area (Å²) in [5.74, 6) is 0.150. The Bertz CT molecular complexity index is 760. The first-order valence-corrected chi connectivity index (χ1v) is 8.85. The summed E-state index contributed by atoms with van der Waals surface area (Å²) in [6.45, 7) is 3.78. The number of nitrogens with two attached hydrogens (primary N) is 1. The Hall–Kier alpha value is -1.80. The molecule has 1 aromatic carbocycles. The number of anilines is 1. The van der Waals surface area contributed by atoms with Crippen LogP contribution in [0.25, 0.3) is 11.3 Å². The predicted octanol–water partition coefficient (Wildman–Crippen LogP) is 4.40. The highest BCUT2D eigenvalue weighted by atomic mass is 32.1. The van der Waals surface area contributed by atoms with E-state index in [2.05, 4.69) is 16.8 Å². The smallest absolute Gasteiger partial charge is 0.416 e. The van der Waals surface area contributed by atoms with Crippen LogP contribution in [0.2, 0.25) is 0 Å². The number of hydrogen-bond acceptors (Lipinski definition) is 5. The number of rotatable bonds is 4. The maximum Gasteiger partial charge on any atom is 0.416 e. The standard InChI is InChI=1S/C17H20F3N3OS/c1-10-4-3-5-23(10)9-14-15(22-16(21)25-14)11-6-12(17(18,19)20)8-13(7-11)24-2/h6-8,10H,3-5,9H2,1-2H3,(H2,21,22). The molecule has 1 unspecified atom stereocenters. The van der Waals surface area contributed by atoms with Crippen molar-refractivity contribution in [1.29, 1.82) is 0 Å². The van der Waals surface area contributed by atoms with Crippen LogP contribution in [-0.4, -0.2) is 29.6 Å². The molecule has 2 N–H and O–H groups in total. The number of nitrogen functional groups attached to an aromatic ring is 1. The normalized spacial score (nSPS) is 18.7. The average Bonchev–Trinajstić information content (AvgIpc) is 3.12. The van der Waals surface area contributed by atoms with Crippen molar-refractivity contribution < 1.29 is 17.9 Å². The topological polar surface area (TPSA) is 51.4 Å². The summed E-state index contributed by atoms with van der Waals surface area (Å²) in [5.41, 5.74) is 5.98. The second kappa shape index (κ2) is 6.84. The lowest BCUT2D eigenvalue weighted by Gasteiger charge is -2.20. The monoisotopic (exact) mass is 371 g/mol. The lowest BCUT2D eigenvalue weighted by atomic mass is 10.1. The van der Waals surface area contributed by atoms with Crippen molar-refractivity contribution in [3.8, 4) is 17.0 Å². The summed E-state index contributed by atoms with van der Waals surface area (Å²) in [7, 11) is 1.35. The molecule has 2 aromatic rings. The van der Waals surface area contributed by atoms with E-state index in [1.54, 1.807) is 6.07 Å². The molecule has 0 bridgehead atoms. The van der Waals surface area contributed by atoms with Crippen LogP contribution in [0.1, 0.15) is 30.2 Å². The molecule has 8 heteroatoms. The summed E-state index contributed by atoms with van der Waals surface area (Å²) < 4.78 is 44.6. The fourth-order valence-corrected chi connectivity index (χ4v) is 4.01. The van der Waals surface area contributed by atoms with Gasteiger partial charge in [0.25, 0.3) is 0 Å². The van der Waals surface area contributed by atoms with Crippen LogP contribution in [-0.2, 0) is 12.7 Å². The second-order valence-electron chi connectivity index (χ2n) is 6.23. The molecule has 1 atom stereocenters. The highest BCUT2D eigenvalue weighted by molar-refractivity contribution is 7.15. The number of thiazole rings is 1. The van der Waals surface area contributed by atoms with Crippen molar-refractivity contribution in [2.24, 2.45) is 0 Å². The van der Waals surface area contributed by atoms with E-state index in [4.69, 9.17) is 10.5 Å². The first-order valence-electron chi connectivity index (χ1n) is 8.04. The lowest BCUT2D eigenvalue weighted by molar-refractivity contribution is -0.137. The molecule has 0 spiro atoms. The van der Waals surface area contributed by atoms with Gasteiger partial charge in [-0.25, -0.2) is 4.98 Å². The van der Waals surface area contributed by atoms with Gasteiger partial charge >= 0.3 is 6.18 Å². The Morgan fingerprint density at radius 1 is 1.36 bits per heavy atom. The molecule has 0 amide bonds. The van der Waals surface area contributed by atoms with Crippen molar-refractivity contribution in [3.05, 3.63) is 28.6 Å². The summed E-state index contributed by atoms with van der Waals surface area (Å²) in [6.07, 6.45) is -2.20. The number of aromatic nitrogens is 1. The largest absolute Gasteiger partial charge is 0.497 e. The highest BCUT2D eigenvalue weighted by Gasteiger charge is 2.32. The molecule has 1 fully saturated rings. The van der Waals surface area contributed by atoms with Crippen LogP contribution in [0.3, 0.4) is 0 Å². The fourth-order valence-electron chi connectivity index (χ4n) is 3.13. The van der Waals surface area contributed by atoms with Gasteiger partial charge in [0, 0.05) is 23.0 Å². The van der Waals surface area contributed by atoms with Gasteiger partial charge in [-0.3, -0.25) is 4.90 Å². The number of hydrogen-bond donors (Lipinski definition) is 1. The summed E-state index contributed by atoms with van der Waals surface area (Å²) >= 11 is 1.33. The van der Waals surface area contributed by atoms with E-state index >= 15 is 0 Å². The van der Waals surface area contributed by atoms with Gasteiger partial charge < -0.3 is 10.5 Å². The molecule has 136 valence electrons. The summed E-state index contributed by atoms with van der Waals surface area (Å²) in [4.78, 5) is 7.48. The molecule has 0 radical (unpaired) electrons. The number of nitrogens with zero attached hydrogens (tertiary/aromatic N) is 2. The molecular weight excluding hydrogens is 351 g/mol. The van der Waals surface area contributed by atoms with Gasteiger partial charge in [-0.1, -0.05) is 0 Å². The van der Waals surface area contributed by atoms with E-state index in [1.807, 2.05) is 0 Å². The Morgan fingerprint density at radius 3 is 2.72 bits per heavy atom. The fraction of sp³-hybridized carbons (Fsp3) is 0.471. The Kier molecular flexibility index (Phi) is 4.92. The van der Waals surface area contributed by atoms with Gasteiger partial charge in [-0.15, -0.1) is 11.3 Å². The van der Waals surface area contributed by atoms with Crippen LogP contribution in [0.4, 0.5) is 18.3 Å². The number of methoxy groups -OCH3 is 1. The second-order valence-corrected chi connectivity index (χ2v) is 7.35. The van der Waals surface area contributed by atoms with Crippen molar-refractivity contribution in [1.82, 2.24) is 9.88 Å². The number of alkyl halides is 3. The summed E-state index contributed by atoms with van der Waals surface area (Å²) in [5, 5.41) is 0.355. The Balaban J connectivity index is 2.01. The zero-order valence-corrected chi connectivity index (χ0v) is 14.9. The molecule has 1 aromatic heterocycles. The van der Waals surface area contributed by atoms with Crippen LogP contribution in [0.5, 0.6) is 5.75 Å². The number of halogens is 3. The molecule has 1 aliphatic rings. The van der Waals surface area contributed by atoms with Crippen LogP contribution in [0.15, 0.2) is 18.2 Å². The summed E-state index contributed by atoms with van der Waals surface area (Å²) in [6, 6.07) is 4.11. The van der Waals surface area contributed by atoms with E-state index < -0.39 is 11.7 Å². The third kappa shape index (κ3) is 3.90. The number of likely N-dealkylation sites (tertiary alicyclic amines) is 1. The quantitative estimate of drug-likeness (QED) is 0.865. The molecular formula is C17H20F3N3OS. The van der Waals surface area contributed by atoms with Crippen LogP contribution >= 0.6 is 11.3 Å². The minimum atomic E-state index is -4.45. The van der Waals surface area contributed by atoms with E-state index in [0.717, 1.165) is 36.4 Å². The van der Waals surface area contributed by atoms with E-state index in [0.29, 0.717) is 29.0 Å². The van der Waals surface area contributed by atoms with Gasteiger partial charge in [-0.05, 0) is 44.5 Å². The minimum Gasteiger partial charge on any atom is -0.497 e. The molecule has 1 aliphatic heterocycles. The molecule has 1 saturated heterocycles. The highest BCUT2D eigenvalue weighted by Crippen LogP contribution is 2.38. The Morgan fingerprint density at radius 2 is 2.12 bits per heavy atom. The van der Waals surface area contributed by atoms with Crippen molar-refractivity contribution in [3.63, 3.8) is 0 Å². The average molecular weight is 371 g/mol. The lowest BCUT2D eigenvalue weighted by Crippen LogP contribution is -2.25. The molecule has 3 rings (SSSR count). The maximum atomic E-state index is 13.2.